The topological polar surface area (TPSA) is 91.7 Å². The van der Waals surface area contributed by atoms with E-state index in [1.54, 1.807) is 12.0 Å². The number of fused-ring (bicyclic) bond motifs is 3. The van der Waals surface area contributed by atoms with Crippen LogP contribution < -0.4 is 4.74 Å². The second-order valence-electron chi connectivity index (χ2n) is 8.91. The van der Waals surface area contributed by atoms with Gasteiger partial charge in [-0.2, -0.15) is 5.10 Å². The highest BCUT2D eigenvalue weighted by Crippen LogP contribution is 2.44. The van der Waals surface area contributed by atoms with E-state index in [2.05, 4.69) is 0 Å². The molecule has 8 nitrogen and oxygen atoms in total. The van der Waals surface area contributed by atoms with E-state index in [1.165, 1.54) is 10.6 Å². The summed E-state index contributed by atoms with van der Waals surface area (Å²) in [6, 6.07) is 13.3. The van der Waals surface area contributed by atoms with E-state index in [0.29, 0.717) is 26.3 Å². The van der Waals surface area contributed by atoms with Crippen molar-refractivity contribution in [2.45, 2.75) is 31.9 Å². The average molecular weight is 464 g/mol. The number of hydrogen-bond acceptors (Lipinski definition) is 6. The number of amides is 2. The van der Waals surface area contributed by atoms with Crippen LogP contribution in [-0.4, -0.2) is 66.0 Å². The second-order valence-corrected chi connectivity index (χ2v) is 8.91. The lowest BCUT2D eigenvalue weighted by atomic mass is 9.77. The maximum Gasteiger partial charge on any atom is 0.252 e. The van der Waals surface area contributed by atoms with Gasteiger partial charge >= 0.3 is 0 Å². The van der Waals surface area contributed by atoms with Gasteiger partial charge in [-0.25, -0.2) is 5.01 Å². The Hall–Kier alpha value is -3.23. The van der Waals surface area contributed by atoms with E-state index in [4.69, 9.17) is 14.6 Å². The Bertz CT molecular complexity index is 1110. The number of ether oxygens (including phenoxy) is 2. The molecule has 0 aromatic heterocycles. The summed E-state index contributed by atoms with van der Waals surface area (Å²) in [5, 5.41) is 16.0. The van der Waals surface area contributed by atoms with E-state index >= 15 is 0 Å². The SMILES string of the molecule is COc1ccc([C@@H]2[C@@H]3CCc4ccc(CO)cc4C3=NN2C(=O)CC(=O)N2CCOCC2)cc1. The summed E-state index contributed by atoms with van der Waals surface area (Å²) in [5.74, 6) is 0.251. The molecular formula is C26H29N3O5. The van der Waals surface area contributed by atoms with Crippen LogP contribution in [0.3, 0.4) is 0 Å². The number of rotatable bonds is 5. The van der Waals surface area contributed by atoms with Gasteiger partial charge in [-0.05, 0) is 47.7 Å². The van der Waals surface area contributed by atoms with Gasteiger partial charge in [0, 0.05) is 24.6 Å². The lowest BCUT2D eigenvalue weighted by Gasteiger charge is -2.31. The van der Waals surface area contributed by atoms with Crippen molar-refractivity contribution in [3.63, 3.8) is 0 Å². The summed E-state index contributed by atoms with van der Waals surface area (Å²) in [6.45, 7) is 1.94. The molecule has 8 heteroatoms. The molecule has 1 fully saturated rings. The third-order valence-electron chi connectivity index (χ3n) is 6.95. The molecule has 178 valence electrons. The van der Waals surface area contributed by atoms with Crippen molar-refractivity contribution in [2.75, 3.05) is 33.4 Å². The highest BCUT2D eigenvalue weighted by Gasteiger charge is 2.44. The summed E-state index contributed by atoms with van der Waals surface area (Å²) in [5.41, 5.74) is 4.77. The molecule has 2 heterocycles. The Kier molecular flexibility index (Phi) is 6.34. The minimum Gasteiger partial charge on any atom is -0.497 e. The van der Waals surface area contributed by atoms with Crippen molar-refractivity contribution in [1.82, 2.24) is 9.91 Å². The number of morpholine rings is 1. The van der Waals surface area contributed by atoms with E-state index < -0.39 is 0 Å². The predicted octanol–water partition coefficient (Wildman–Crippen LogP) is 2.29. The standard InChI is InChI=1S/C26H29N3O5/c1-33-20-7-4-19(5-8-20)26-21-9-6-18-3-2-17(16-30)14-22(18)25(21)27-29(26)24(32)15-23(31)28-10-12-34-13-11-28/h2-5,7-8,14,21,26,30H,6,9-13,15-16H2,1H3/t21-,26-/m1/s1. The summed E-state index contributed by atoms with van der Waals surface area (Å²) in [6.07, 6.45) is 1.49. The van der Waals surface area contributed by atoms with Crippen molar-refractivity contribution >= 4 is 17.5 Å². The molecule has 2 aromatic carbocycles. The fourth-order valence-corrected chi connectivity index (χ4v) is 5.13. The minimum atomic E-state index is -0.306. The Morgan fingerprint density at radius 3 is 2.59 bits per heavy atom. The summed E-state index contributed by atoms with van der Waals surface area (Å²) in [7, 11) is 1.62. The zero-order valence-electron chi connectivity index (χ0n) is 19.3. The van der Waals surface area contributed by atoms with Crippen LogP contribution in [0.15, 0.2) is 47.6 Å². The zero-order chi connectivity index (χ0) is 23.7. The van der Waals surface area contributed by atoms with E-state index in [-0.39, 0.29) is 36.8 Å². The molecule has 0 unspecified atom stereocenters. The van der Waals surface area contributed by atoms with Crippen LogP contribution in [0.4, 0.5) is 0 Å². The number of carbonyl (C=O) groups excluding carboxylic acids is 2. The third-order valence-corrected chi connectivity index (χ3v) is 6.95. The van der Waals surface area contributed by atoms with Crippen molar-refractivity contribution in [1.29, 1.82) is 0 Å². The quantitative estimate of drug-likeness (QED) is 0.687. The number of carbonyl (C=O) groups is 2. The normalized spacial score (nSPS) is 21.5. The summed E-state index contributed by atoms with van der Waals surface area (Å²) >= 11 is 0. The molecule has 0 spiro atoms. The number of aliphatic hydroxyl groups excluding tert-OH is 1. The first kappa shape index (κ1) is 22.6. The number of benzene rings is 2. The monoisotopic (exact) mass is 463 g/mol. The molecule has 0 saturated carbocycles. The molecule has 1 N–H and O–H groups in total. The van der Waals surface area contributed by atoms with Gasteiger partial charge in [0.1, 0.15) is 12.2 Å². The van der Waals surface area contributed by atoms with Crippen molar-refractivity contribution < 1.29 is 24.2 Å². The number of hydrazone groups is 1. The predicted molar refractivity (Wildman–Crippen MR) is 125 cm³/mol. The number of nitrogens with zero attached hydrogens (tertiary/aromatic N) is 3. The first-order chi connectivity index (χ1) is 16.6. The Balaban J connectivity index is 1.48. The lowest BCUT2D eigenvalue weighted by Crippen LogP contribution is -2.43. The van der Waals surface area contributed by atoms with Crippen LogP contribution in [0.25, 0.3) is 0 Å². The zero-order valence-corrected chi connectivity index (χ0v) is 19.3. The highest BCUT2D eigenvalue weighted by atomic mass is 16.5. The number of aliphatic hydroxyl groups is 1. The number of aryl methyl sites for hydroxylation is 1. The Morgan fingerprint density at radius 1 is 1.12 bits per heavy atom. The first-order valence-electron chi connectivity index (χ1n) is 11.7. The Morgan fingerprint density at radius 2 is 1.88 bits per heavy atom. The Labute approximate surface area is 198 Å². The molecule has 34 heavy (non-hydrogen) atoms. The maximum atomic E-state index is 13.5. The van der Waals surface area contributed by atoms with Gasteiger partial charge in [-0.3, -0.25) is 9.59 Å². The largest absolute Gasteiger partial charge is 0.497 e. The molecule has 1 aliphatic carbocycles. The van der Waals surface area contributed by atoms with E-state index in [9.17, 15) is 14.7 Å². The van der Waals surface area contributed by atoms with Crippen molar-refractivity contribution in [3.8, 4) is 5.75 Å². The molecule has 0 bridgehead atoms. The smallest absolute Gasteiger partial charge is 0.252 e. The van der Waals surface area contributed by atoms with E-state index in [1.807, 2.05) is 42.5 Å². The van der Waals surface area contributed by atoms with Gasteiger partial charge in [0.25, 0.3) is 5.91 Å². The van der Waals surface area contributed by atoms with Gasteiger partial charge in [0.15, 0.2) is 0 Å². The summed E-state index contributed by atoms with van der Waals surface area (Å²) < 4.78 is 10.6. The van der Waals surface area contributed by atoms with Gasteiger partial charge in [-0.1, -0.05) is 24.3 Å². The fourth-order valence-electron chi connectivity index (χ4n) is 5.13. The minimum absolute atomic E-state index is 0.0114. The highest BCUT2D eigenvalue weighted by molar-refractivity contribution is 6.08. The first-order valence-corrected chi connectivity index (χ1v) is 11.7. The number of hydrogen-bond donors (Lipinski definition) is 1. The van der Waals surface area contributed by atoms with E-state index in [0.717, 1.165) is 41.0 Å². The molecule has 2 atom stereocenters. The lowest BCUT2D eigenvalue weighted by molar-refractivity contribution is -0.144. The molecule has 3 aliphatic rings. The van der Waals surface area contributed by atoms with Crippen LogP contribution in [-0.2, 0) is 27.4 Å². The maximum absolute atomic E-state index is 13.5. The van der Waals surface area contributed by atoms with Gasteiger partial charge in [0.2, 0.25) is 5.91 Å². The molecule has 1 saturated heterocycles. The van der Waals surface area contributed by atoms with Crippen LogP contribution in [0.5, 0.6) is 5.75 Å². The van der Waals surface area contributed by atoms with Crippen LogP contribution >= 0.6 is 0 Å². The fraction of sp³-hybridized carbons (Fsp3) is 0.423. The van der Waals surface area contributed by atoms with Gasteiger partial charge in [0.05, 0.1) is 38.7 Å². The summed E-state index contributed by atoms with van der Waals surface area (Å²) in [4.78, 5) is 28.0. The second kappa shape index (κ2) is 9.56. The molecule has 0 radical (unpaired) electrons. The van der Waals surface area contributed by atoms with Crippen LogP contribution in [0, 0.1) is 5.92 Å². The molecule has 5 rings (SSSR count). The third kappa shape index (κ3) is 4.19. The number of methoxy groups -OCH3 is 1. The molecule has 2 aliphatic heterocycles. The van der Waals surface area contributed by atoms with Gasteiger partial charge in [-0.15, -0.1) is 0 Å². The molecule has 2 amide bonds. The van der Waals surface area contributed by atoms with Crippen LogP contribution in [0.1, 0.15) is 41.1 Å². The van der Waals surface area contributed by atoms with Crippen molar-refractivity contribution in [3.05, 3.63) is 64.7 Å². The van der Waals surface area contributed by atoms with Crippen molar-refractivity contribution in [2.24, 2.45) is 11.0 Å². The molecular weight excluding hydrogens is 434 g/mol. The average Bonchev–Trinajstić information content (AvgIpc) is 3.29. The van der Waals surface area contributed by atoms with Gasteiger partial charge < -0.3 is 19.5 Å². The van der Waals surface area contributed by atoms with Crippen LogP contribution in [0.2, 0.25) is 0 Å². The molecule has 2 aromatic rings.